The van der Waals surface area contributed by atoms with Gasteiger partial charge in [0.1, 0.15) is 0 Å². The van der Waals surface area contributed by atoms with Crippen molar-refractivity contribution < 1.29 is 0 Å². The van der Waals surface area contributed by atoms with Gasteiger partial charge in [-0.05, 0) is 69.8 Å². The molecule has 1 aliphatic carbocycles. The Balaban J connectivity index is 1.10. The number of fused-ring (bicyclic) bond motifs is 10. The zero-order chi connectivity index (χ0) is 39.2. The van der Waals surface area contributed by atoms with Crippen LogP contribution in [0.3, 0.4) is 0 Å². The monoisotopic (exact) mass is 755 g/mol. The predicted octanol–water partition coefficient (Wildman–Crippen LogP) is 13.4. The van der Waals surface area contributed by atoms with Gasteiger partial charge in [-0.2, -0.15) is 9.97 Å². The highest BCUT2D eigenvalue weighted by molar-refractivity contribution is 6.17. The van der Waals surface area contributed by atoms with Crippen molar-refractivity contribution in [1.82, 2.24) is 24.1 Å². The van der Waals surface area contributed by atoms with Gasteiger partial charge in [-0.25, -0.2) is 4.98 Å². The van der Waals surface area contributed by atoms with E-state index in [4.69, 9.17) is 15.0 Å². The SMILES string of the molecule is CC1(C)c2ccccc2-c2c1ccc1c2c2ccccc2n1-c1nc(-c2ccc(-c3ccccc3)cc2)nc(-c2cccc(-n3c4ccccc4c4ccccc43)c2)n1. The molecule has 0 saturated heterocycles. The van der Waals surface area contributed by atoms with E-state index in [1.165, 1.54) is 49.4 Å². The van der Waals surface area contributed by atoms with Crippen LogP contribution in [0.4, 0.5) is 0 Å². The zero-order valence-corrected chi connectivity index (χ0v) is 32.6. The Morgan fingerprint density at radius 2 is 0.949 bits per heavy atom. The lowest BCUT2D eigenvalue weighted by Gasteiger charge is -2.21. The van der Waals surface area contributed by atoms with E-state index in [1.807, 2.05) is 6.07 Å². The van der Waals surface area contributed by atoms with Crippen molar-refractivity contribution in [2.45, 2.75) is 19.3 Å². The molecule has 0 aliphatic heterocycles. The standard InChI is InChI=1S/C54H37N5/c1-54(2)43-23-10-6-21-41(43)49-44(54)31-32-48-50(49)42-22-9-13-26-47(42)59(48)53-56-51(36-29-27-35(28-30-36)34-15-4-3-5-16-34)55-52(57-53)37-17-14-18-38(33-37)58-45-24-11-7-19-39(45)40-20-8-12-25-46(40)58/h3-33H,1-2H3. The maximum atomic E-state index is 5.38. The molecule has 0 fully saturated rings. The third kappa shape index (κ3) is 5.01. The molecular weight excluding hydrogens is 719 g/mol. The van der Waals surface area contributed by atoms with E-state index < -0.39 is 0 Å². The smallest absolute Gasteiger partial charge is 0.238 e. The fourth-order valence-corrected chi connectivity index (χ4v) is 9.62. The summed E-state index contributed by atoms with van der Waals surface area (Å²) in [7, 11) is 0. The quantitative estimate of drug-likeness (QED) is 0.176. The van der Waals surface area contributed by atoms with Gasteiger partial charge in [-0.3, -0.25) is 4.57 Å². The molecule has 12 rings (SSSR count). The molecule has 1 aliphatic rings. The van der Waals surface area contributed by atoms with Gasteiger partial charge in [-0.1, -0.05) is 166 Å². The van der Waals surface area contributed by atoms with E-state index in [-0.39, 0.29) is 5.41 Å². The van der Waals surface area contributed by atoms with Crippen molar-refractivity contribution >= 4 is 43.6 Å². The van der Waals surface area contributed by atoms with Crippen LogP contribution in [0.2, 0.25) is 0 Å². The molecule has 11 aromatic rings. The maximum absolute atomic E-state index is 5.38. The zero-order valence-electron chi connectivity index (χ0n) is 32.6. The second-order valence-corrected chi connectivity index (χ2v) is 16.1. The van der Waals surface area contributed by atoms with Crippen molar-refractivity contribution in [3.8, 4) is 56.7 Å². The summed E-state index contributed by atoms with van der Waals surface area (Å²) in [5, 5.41) is 4.85. The van der Waals surface area contributed by atoms with Crippen LogP contribution in [-0.4, -0.2) is 24.1 Å². The molecule has 0 saturated carbocycles. The van der Waals surface area contributed by atoms with Crippen LogP contribution in [0, 0.1) is 0 Å². The highest BCUT2D eigenvalue weighted by Gasteiger charge is 2.37. The summed E-state index contributed by atoms with van der Waals surface area (Å²) in [5.41, 5.74) is 14.8. The molecule has 0 N–H and O–H groups in total. The third-order valence-electron chi connectivity index (χ3n) is 12.4. The Morgan fingerprint density at radius 1 is 0.390 bits per heavy atom. The predicted molar refractivity (Wildman–Crippen MR) is 242 cm³/mol. The summed E-state index contributed by atoms with van der Waals surface area (Å²) in [5.74, 6) is 1.81. The van der Waals surface area contributed by atoms with Gasteiger partial charge in [0.25, 0.3) is 0 Å². The summed E-state index contributed by atoms with van der Waals surface area (Å²) in [6.07, 6.45) is 0. The van der Waals surface area contributed by atoms with Crippen LogP contribution in [-0.2, 0) is 5.41 Å². The summed E-state index contributed by atoms with van der Waals surface area (Å²) >= 11 is 0. The lowest BCUT2D eigenvalue weighted by atomic mass is 9.82. The second kappa shape index (κ2) is 12.7. The van der Waals surface area contributed by atoms with Gasteiger partial charge in [0.2, 0.25) is 5.95 Å². The average Bonchev–Trinajstić information content (AvgIpc) is 3.90. The first-order valence-corrected chi connectivity index (χ1v) is 20.2. The van der Waals surface area contributed by atoms with Crippen LogP contribution in [0.5, 0.6) is 0 Å². The van der Waals surface area contributed by atoms with Crippen LogP contribution in [0.25, 0.3) is 100 Å². The minimum atomic E-state index is -0.121. The average molecular weight is 756 g/mol. The molecule has 3 aromatic heterocycles. The third-order valence-corrected chi connectivity index (χ3v) is 12.4. The van der Waals surface area contributed by atoms with Crippen LogP contribution >= 0.6 is 0 Å². The molecule has 5 heteroatoms. The molecule has 0 amide bonds. The molecule has 8 aromatic carbocycles. The summed E-state index contributed by atoms with van der Waals surface area (Å²) in [6, 6.07) is 66.9. The van der Waals surface area contributed by atoms with Gasteiger partial charge in [0.05, 0.1) is 22.1 Å². The Kier molecular flexibility index (Phi) is 7.20. The first-order valence-electron chi connectivity index (χ1n) is 20.2. The van der Waals surface area contributed by atoms with Crippen molar-refractivity contribution in [2.75, 3.05) is 0 Å². The van der Waals surface area contributed by atoms with Crippen LogP contribution in [0.15, 0.2) is 188 Å². The first-order chi connectivity index (χ1) is 29.0. The van der Waals surface area contributed by atoms with Crippen molar-refractivity contribution in [1.29, 1.82) is 0 Å². The van der Waals surface area contributed by atoms with Crippen molar-refractivity contribution in [3.05, 3.63) is 199 Å². The Labute approximate surface area is 341 Å². The van der Waals surface area contributed by atoms with Gasteiger partial charge in [0.15, 0.2) is 11.6 Å². The molecule has 0 bridgehead atoms. The van der Waals surface area contributed by atoms with Crippen LogP contribution < -0.4 is 0 Å². The number of aromatic nitrogens is 5. The van der Waals surface area contributed by atoms with Crippen molar-refractivity contribution in [2.24, 2.45) is 0 Å². The van der Waals surface area contributed by atoms with E-state index in [9.17, 15) is 0 Å². The van der Waals surface area contributed by atoms with Crippen molar-refractivity contribution in [3.63, 3.8) is 0 Å². The topological polar surface area (TPSA) is 48.5 Å². The second-order valence-electron chi connectivity index (χ2n) is 16.1. The number of hydrogen-bond acceptors (Lipinski definition) is 3. The molecule has 3 heterocycles. The van der Waals surface area contributed by atoms with Gasteiger partial charge in [-0.15, -0.1) is 0 Å². The minimum absolute atomic E-state index is 0.121. The van der Waals surface area contributed by atoms with E-state index in [2.05, 4.69) is 205 Å². The highest BCUT2D eigenvalue weighted by atomic mass is 15.2. The van der Waals surface area contributed by atoms with E-state index >= 15 is 0 Å². The minimum Gasteiger partial charge on any atom is -0.309 e. The van der Waals surface area contributed by atoms with Gasteiger partial charge >= 0.3 is 0 Å². The first kappa shape index (κ1) is 33.5. The molecule has 0 atom stereocenters. The van der Waals surface area contributed by atoms with Gasteiger partial charge < -0.3 is 4.57 Å². The number of benzene rings is 8. The molecular formula is C54H37N5. The van der Waals surface area contributed by atoms with E-state index in [1.54, 1.807) is 0 Å². The maximum Gasteiger partial charge on any atom is 0.238 e. The fourth-order valence-electron chi connectivity index (χ4n) is 9.62. The molecule has 59 heavy (non-hydrogen) atoms. The molecule has 278 valence electrons. The number of para-hydroxylation sites is 3. The Hall–Kier alpha value is -7.63. The summed E-state index contributed by atoms with van der Waals surface area (Å²) < 4.78 is 4.58. The van der Waals surface area contributed by atoms with Gasteiger partial charge in [0, 0.05) is 43.8 Å². The van der Waals surface area contributed by atoms with E-state index in [0.717, 1.165) is 44.4 Å². The normalized spacial score (nSPS) is 13.1. The number of nitrogens with zero attached hydrogens (tertiary/aromatic N) is 5. The highest BCUT2D eigenvalue weighted by Crippen LogP contribution is 2.53. The molecule has 0 spiro atoms. The largest absolute Gasteiger partial charge is 0.309 e. The Morgan fingerprint density at radius 3 is 1.68 bits per heavy atom. The molecule has 0 unspecified atom stereocenters. The molecule has 5 nitrogen and oxygen atoms in total. The molecule has 0 radical (unpaired) electrons. The summed E-state index contributed by atoms with van der Waals surface area (Å²) in [6.45, 7) is 4.67. The van der Waals surface area contributed by atoms with Crippen LogP contribution in [0.1, 0.15) is 25.0 Å². The lowest BCUT2D eigenvalue weighted by Crippen LogP contribution is -2.14. The number of rotatable bonds is 5. The Bertz CT molecular complexity index is 3410. The number of hydrogen-bond donors (Lipinski definition) is 0. The fraction of sp³-hybridized carbons (Fsp3) is 0.0556. The lowest BCUT2D eigenvalue weighted by molar-refractivity contribution is 0.661. The summed E-state index contributed by atoms with van der Waals surface area (Å²) in [4.78, 5) is 16.0. The van der Waals surface area contributed by atoms with E-state index in [0.29, 0.717) is 17.6 Å².